The standard InChI is InChI=1S/C52H36N4/c1-35-13-4-2-3-5-14-37-15-6-7-17-43(37)51(35)48-34-47(38-26-29-42(30-27-38)56-49-20-10-8-18-44(49)45-19-9-11-21-50(45)56)54-52(55-48)39-24-22-36(23-25-39)40-28-31-46-41(33-40)16-12-32-53-46/h2-4,6-34H,1,5H2/b3-2-,13-4-,37-14-,51-43?. The minimum Gasteiger partial charge on any atom is -0.309 e. The Morgan fingerprint density at radius 1 is 0.554 bits per heavy atom. The van der Waals surface area contributed by atoms with E-state index in [1.807, 2.05) is 12.3 Å². The zero-order chi connectivity index (χ0) is 37.4. The fourth-order valence-electron chi connectivity index (χ4n) is 7.89. The molecule has 0 N–H and O–H groups in total. The van der Waals surface area contributed by atoms with Crippen molar-refractivity contribution in [3.8, 4) is 39.5 Å². The molecule has 56 heavy (non-hydrogen) atoms. The molecule has 4 nitrogen and oxygen atoms in total. The van der Waals surface area contributed by atoms with Crippen LogP contribution in [0.15, 0.2) is 200 Å². The molecule has 3 heterocycles. The quantitative estimate of drug-likeness (QED) is 0.178. The number of fused-ring (bicyclic) bond motifs is 5. The van der Waals surface area contributed by atoms with Crippen LogP contribution in [0.2, 0.25) is 0 Å². The van der Waals surface area contributed by atoms with Gasteiger partial charge in [-0.2, -0.15) is 0 Å². The summed E-state index contributed by atoms with van der Waals surface area (Å²) in [4.78, 5) is 15.1. The number of nitrogens with zero attached hydrogens (tertiary/aromatic N) is 4. The molecule has 0 radical (unpaired) electrons. The van der Waals surface area contributed by atoms with E-state index < -0.39 is 0 Å². The maximum absolute atomic E-state index is 5.31. The van der Waals surface area contributed by atoms with E-state index in [1.54, 1.807) is 0 Å². The van der Waals surface area contributed by atoms with Crippen molar-refractivity contribution in [2.45, 2.75) is 6.42 Å². The van der Waals surface area contributed by atoms with Crippen LogP contribution in [0.25, 0.3) is 83.8 Å². The third-order valence-electron chi connectivity index (χ3n) is 10.6. The molecule has 4 heteroatoms. The summed E-state index contributed by atoms with van der Waals surface area (Å²) in [5, 5.41) is 5.84. The minimum absolute atomic E-state index is 0.654. The highest BCUT2D eigenvalue weighted by molar-refractivity contribution is 6.09. The molecule has 0 spiro atoms. The van der Waals surface area contributed by atoms with Crippen molar-refractivity contribution in [2.75, 3.05) is 0 Å². The van der Waals surface area contributed by atoms with E-state index in [2.05, 4.69) is 198 Å². The van der Waals surface area contributed by atoms with E-state index in [4.69, 9.17) is 9.97 Å². The van der Waals surface area contributed by atoms with E-state index in [0.717, 1.165) is 78.2 Å². The molecular weight excluding hydrogens is 681 g/mol. The first-order valence-corrected chi connectivity index (χ1v) is 18.9. The van der Waals surface area contributed by atoms with E-state index in [0.29, 0.717) is 5.82 Å². The Balaban J connectivity index is 1.13. The lowest BCUT2D eigenvalue weighted by Crippen LogP contribution is -2.27. The van der Waals surface area contributed by atoms with Crippen molar-refractivity contribution >= 4 is 44.4 Å². The highest BCUT2D eigenvalue weighted by Gasteiger charge is 2.17. The highest BCUT2D eigenvalue weighted by Crippen LogP contribution is 2.34. The first kappa shape index (κ1) is 33.2. The lowest BCUT2D eigenvalue weighted by atomic mass is 9.96. The van der Waals surface area contributed by atoms with Crippen molar-refractivity contribution in [3.05, 3.63) is 217 Å². The van der Waals surface area contributed by atoms with Gasteiger partial charge in [-0.15, -0.1) is 0 Å². The molecule has 0 saturated carbocycles. The second-order valence-corrected chi connectivity index (χ2v) is 14.1. The third-order valence-corrected chi connectivity index (χ3v) is 10.6. The summed E-state index contributed by atoms with van der Waals surface area (Å²) in [5.74, 6) is 0.654. The van der Waals surface area contributed by atoms with Gasteiger partial charge in [0.2, 0.25) is 0 Å². The summed E-state index contributed by atoms with van der Waals surface area (Å²) in [6, 6.07) is 55.6. The number of benzene rings is 6. The predicted molar refractivity (Wildman–Crippen MR) is 233 cm³/mol. The van der Waals surface area contributed by atoms with E-state index in [-0.39, 0.29) is 0 Å². The number of hydrogen-bond donors (Lipinski definition) is 0. The Morgan fingerprint density at radius 2 is 1.23 bits per heavy atom. The molecule has 0 bridgehead atoms. The van der Waals surface area contributed by atoms with Crippen LogP contribution >= 0.6 is 0 Å². The van der Waals surface area contributed by atoms with Crippen molar-refractivity contribution < 1.29 is 0 Å². The van der Waals surface area contributed by atoms with Crippen LogP contribution in [0.3, 0.4) is 0 Å². The largest absolute Gasteiger partial charge is 0.309 e. The molecule has 0 saturated heterocycles. The van der Waals surface area contributed by atoms with Crippen LogP contribution in [0.1, 0.15) is 12.1 Å². The normalized spacial score (nSPS) is 14.7. The summed E-state index contributed by atoms with van der Waals surface area (Å²) in [5.41, 5.74) is 12.2. The predicted octanol–water partition coefficient (Wildman–Crippen LogP) is 11.2. The Bertz CT molecular complexity index is 3110. The molecule has 264 valence electrons. The van der Waals surface area contributed by atoms with E-state index >= 15 is 0 Å². The highest BCUT2D eigenvalue weighted by atomic mass is 15.0. The lowest BCUT2D eigenvalue weighted by Gasteiger charge is -2.14. The molecule has 10 rings (SSSR count). The van der Waals surface area contributed by atoms with Gasteiger partial charge >= 0.3 is 0 Å². The second-order valence-electron chi connectivity index (χ2n) is 14.1. The van der Waals surface area contributed by atoms with E-state index in [1.165, 1.54) is 21.8 Å². The Hall–Kier alpha value is -7.43. The van der Waals surface area contributed by atoms with Crippen LogP contribution < -0.4 is 10.4 Å². The third kappa shape index (κ3) is 6.04. The number of para-hydroxylation sites is 2. The zero-order valence-corrected chi connectivity index (χ0v) is 30.7. The summed E-state index contributed by atoms with van der Waals surface area (Å²) >= 11 is 0. The fourth-order valence-corrected chi connectivity index (χ4v) is 7.89. The van der Waals surface area contributed by atoms with Gasteiger partial charge in [-0.3, -0.25) is 4.98 Å². The number of aromatic nitrogens is 4. The van der Waals surface area contributed by atoms with Gasteiger partial charge in [-0.25, -0.2) is 9.97 Å². The summed E-state index contributed by atoms with van der Waals surface area (Å²) in [6.07, 6.45) is 13.3. The van der Waals surface area contributed by atoms with Gasteiger partial charge in [0.1, 0.15) is 0 Å². The number of rotatable bonds is 5. The van der Waals surface area contributed by atoms with Gasteiger partial charge in [0, 0.05) is 44.7 Å². The molecule has 9 aromatic rings. The van der Waals surface area contributed by atoms with Gasteiger partial charge in [0.15, 0.2) is 5.82 Å². The van der Waals surface area contributed by atoms with Gasteiger partial charge in [-0.1, -0.05) is 146 Å². The number of pyridine rings is 1. The van der Waals surface area contributed by atoms with Crippen molar-refractivity contribution in [1.82, 2.24) is 19.5 Å². The van der Waals surface area contributed by atoms with E-state index in [9.17, 15) is 0 Å². The van der Waals surface area contributed by atoms with Crippen LogP contribution in [-0.2, 0) is 0 Å². The summed E-state index contributed by atoms with van der Waals surface area (Å²) in [7, 11) is 0. The number of hydrogen-bond acceptors (Lipinski definition) is 3. The van der Waals surface area contributed by atoms with Crippen molar-refractivity contribution in [2.24, 2.45) is 0 Å². The lowest BCUT2D eigenvalue weighted by molar-refractivity contribution is 1.15. The zero-order valence-electron chi connectivity index (χ0n) is 30.7. The molecule has 6 aromatic carbocycles. The molecular formula is C52H36N4. The average Bonchev–Trinajstić information content (AvgIpc) is 3.60. The molecule has 0 fully saturated rings. The molecule has 1 aliphatic carbocycles. The Kier molecular flexibility index (Phi) is 8.34. The molecule has 0 unspecified atom stereocenters. The van der Waals surface area contributed by atoms with Crippen molar-refractivity contribution in [3.63, 3.8) is 0 Å². The molecule has 0 atom stereocenters. The second kappa shape index (κ2) is 14.1. The average molecular weight is 717 g/mol. The smallest absolute Gasteiger partial charge is 0.160 e. The van der Waals surface area contributed by atoms with Gasteiger partial charge < -0.3 is 4.57 Å². The molecule has 1 aliphatic rings. The van der Waals surface area contributed by atoms with Crippen LogP contribution in [0, 0.1) is 0 Å². The Labute approximate surface area is 325 Å². The monoisotopic (exact) mass is 716 g/mol. The van der Waals surface area contributed by atoms with Crippen LogP contribution in [0.4, 0.5) is 0 Å². The van der Waals surface area contributed by atoms with Crippen molar-refractivity contribution in [1.29, 1.82) is 0 Å². The maximum Gasteiger partial charge on any atom is 0.160 e. The first-order valence-electron chi connectivity index (χ1n) is 18.9. The van der Waals surface area contributed by atoms with Gasteiger partial charge in [0.25, 0.3) is 0 Å². The summed E-state index contributed by atoms with van der Waals surface area (Å²) in [6.45, 7) is 4.57. The SMILES string of the molecule is C=C1/C=C\C=C/C/C=c2/ccccc2=C1c1cc(-c2ccc(-n3c4ccccc4c4ccccc43)cc2)nc(-c2ccc(-c3ccc4ncccc4c3)cc2)n1. The van der Waals surface area contributed by atoms with Crippen LogP contribution in [0.5, 0.6) is 0 Å². The fraction of sp³-hybridized carbons (Fsp3) is 0.0192. The van der Waals surface area contributed by atoms with Crippen LogP contribution in [-0.4, -0.2) is 19.5 Å². The molecule has 0 amide bonds. The maximum atomic E-state index is 5.31. The first-order chi connectivity index (χ1) is 27.7. The Morgan fingerprint density at radius 3 is 2.04 bits per heavy atom. The van der Waals surface area contributed by atoms with Gasteiger partial charge in [-0.05, 0) is 82.1 Å². The summed E-state index contributed by atoms with van der Waals surface area (Å²) < 4.78 is 2.34. The van der Waals surface area contributed by atoms with Gasteiger partial charge in [0.05, 0.1) is 27.9 Å². The topological polar surface area (TPSA) is 43.6 Å². The molecule has 3 aromatic heterocycles. The minimum atomic E-state index is 0.654. The number of allylic oxidation sites excluding steroid dienone is 5. The molecule has 0 aliphatic heterocycles.